The third kappa shape index (κ3) is 8.27. The lowest BCUT2D eigenvalue weighted by atomic mass is 10.2. The van der Waals surface area contributed by atoms with Gasteiger partial charge in [0.05, 0.1) is 12.2 Å². The van der Waals surface area contributed by atoms with Gasteiger partial charge in [0, 0.05) is 49.5 Å². The number of halogens is 5. The van der Waals surface area contributed by atoms with Crippen LogP contribution in [0.15, 0.2) is 64.3 Å². The van der Waals surface area contributed by atoms with Gasteiger partial charge in [-0.15, -0.1) is 12.4 Å². The lowest BCUT2D eigenvalue weighted by Gasteiger charge is -2.36. The highest BCUT2D eigenvalue weighted by molar-refractivity contribution is 6.30. The summed E-state index contributed by atoms with van der Waals surface area (Å²) in [5, 5.41) is 0.613. The maximum Gasteiger partial charge on any atom is 0.422 e. The molecule has 7 nitrogen and oxygen atoms in total. The molecule has 0 radical (unpaired) electrons. The van der Waals surface area contributed by atoms with E-state index in [0.29, 0.717) is 68.5 Å². The van der Waals surface area contributed by atoms with Gasteiger partial charge in [0.2, 0.25) is 0 Å². The molecule has 0 unspecified atom stereocenters. The molecule has 4 rings (SSSR count). The zero-order chi connectivity index (χ0) is 27.3. The molecule has 212 valence electrons. The Balaban J connectivity index is 0.00000420. The third-order valence-corrected chi connectivity index (χ3v) is 6.75. The summed E-state index contributed by atoms with van der Waals surface area (Å²) in [7, 11) is 0. The van der Waals surface area contributed by atoms with Gasteiger partial charge in [-0.25, -0.2) is 4.79 Å². The van der Waals surface area contributed by atoms with Crippen LogP contribution < -0.4 is 20.9 Å². The fourth-order valence-corrected chi connectivity index (χ4v) is 4.69. The number of aryl methyl sites for hydroxylation is 1. The fourth-order valence-electron chi connectivity index (χ4n) is 4.56. The molecule has 0 bridgehead atoms. The lowest BCUT2D eigenvalue weighted by Crippen LogP contribution is -2.47. The number of benzene rings is 2. The van der Waals surface area contributed by atoms with Crippen LogP contribution in [0.2, 0.25) is 5.02 Å². The van der Waals surface area contributed by atoms with Crippen LogP contribution in [0.5, 0.6) is 5.75 Å². The number of anilines is 1. The summed E-state index contributed by atoms with van der Waals surface area (Å²) in [6.07, 6.45) is -2.19. The maximum absolute atomic E-state index is 13.0. The molecule has 3 aromatic rings. The van der Waals surface area contributed by atoms with Crippen molar-refractivity contribution in [1.82, 2.24) is 14.0 Å². The highest BCUT2D eigenvalue weighted by Crippen LogP contribution is 2.30. The largest absolute Gasteiger partial charge is 0.482 e. The first kappa shape index (κ1) is 30.6. The minimum absolute atomic E-state index is 0. The number of rotatable bonds is 9. The Morgan fingerprint density at radius 3 is 2.28 bits per heavy atom. The monoisotopic (exact) mass is 586 g/mol. The van der Waals surface area contributed by atoms with Gasteiger partial charge in [0.25, 0.3) is 5.56 Å². The summed E-state index contributed by atoms with van der Waals surface area (Å²) in [6, 6.07) is 14.0. The van der Waals surface area contributed by atoms with Crippen LogP contribution in [0.3, 0.4) is 0 Å². The molecule has 1 aliphatic rings. The Labute approximate surface area is 235 Å². The molecule has 0 atom stereocenters. The molecule has 39 heavy (non-hydrogen) atoms. The summed E-state index contributed by atoms with van der Waals surface area (Å²) in [5.41, 5.74) is 1.41. The Bertz CT molecular complexity index is 1350. The lowest BCUT2D eigenvalue weighted by molar-refractivity contribution is -0.153. The van der Waals surface area contributed by atoms with Crippen molar-refractivity contribution < 1.29 is 17.9 Å². The van der Waals surface area contributed by atoms with Gasteiger partial charge >= 0.3 is 11.9 Å². The second-order valence-electron chi connectivity index (χ2n) is 9.36. The molecule has 0 N–H and O–H groups in total. The van der Waals surface area contributed by atoms with E-state index in [1.165, 1.54) is 9.13 Å². The summed E-state index contributed by atoms with van der Waals surface area (Å²) < 4.78 is 45.7. The van der Waals surface area contributed by atoms with Crippen molar-refractivity contribution in [2.75, 3.05) is 44.2 Å². The number of piperazine rings is 1. The fraction of sp³-hybridized carbons (Fsp3) is 0.407. The van der Waals surface area contributed by atoms with Crippen molar-refractivity contribution in [3.05, 3.63) is 91.7 Å². The number of hydrogen-bond acceptors (Lipinski definition) is 5. The Morgan fingerprint density at radius 1 is 0.949 bits per heavy atom. The molecule has 1 aromatic heterocycles. The summed E-state index contributed by atoms with van der Waals surface area (Å²) in [6.45, 7) is 4.37. The van der Waals surface area contributed by atoms with Crippen molar-refractivity contribution in [2.45, 2.75) is 32.6 Å². The van der Waals surface area contributed by atoms with E-state index in [2.05, 4.69) is 4.90 Å². The van der Waals surface area contributed by atoms with Crippen molar-refractivity contribution in [3.63, 3.8) is 0 Å². The van der Waals surface area contributed by atoms with Gasteiger partial charge < -0.3 is 9.64 Å². The van der Waals surface area contributed by atoms with E-state index in [0.717, 1.165) is 5.56 Å². The van der Waals surface area contributed by atoms with Crippen molar-refractivity contribution in [3.8, 4) is 5.75 Å². The van der Waals surface area contributed by atoms with Crippen LogP contribution in [0.25, 0.3) is 0 Å². The second-order valence-corrected chi connectivity index (χ2v) is 9.80. The highest BCUT2D eigenvalue weighted by Gasteiger charge is 2.29. The van der Waals surface area contributed by atoms with Crippen molar-refractivity contribution in [2.24, 2.45) is 0 Å². The molecule has 0 spiro atoms. The minimum atomic E-state index is -4.40. The van der Waals surface area contributed by atoms with Crippen LogP contribution in [0, 0.1) is 6.92 Å². The molecule has 2 heterocycles. The summed E-state index contributed by atoms with van der Waals surface area (Å²) in [5.74, 6) is 0.215. The quantitative estimate of drug-likeness (QED) is 0.367. The van der Waals surface area contributed by atoms with E-state index in [4.69, 9.17) is 16.3 Å². The van der Waals surface area contributed by atoms with Gasteiger partial charge in [0.1, 0.15) is 5.75 Å². The molecule has 0 saturated carbocycles. The zero-order valence-corrected chi connectivity index (χ0v) is 23.1. The number of aromatic nitrogens is 2. The highest BCUT2D eigenvalue weighted by atomic mass is 35.5. The van der Waals surface area contributed by atoms with E-state index >= 15 is 0 Å². The van der Waals surface area contributed by atoms with Crippen LogP contribution in [-0.2, 0) is 13.1 Å². The molecule has 0 aliphatic carbocycles. The third-order valence-electron chi connectivity index (χ3n) is 6.50. The van der Waals surface area contributed by atoms with Gasteiger partial charge in [0.15, 0.2) is 6.61 Å². The molecular weight excluding hydrogens is 556 g/mol. The molecule has 12 heteroatoms. The van der Waals surface area contributed by atoms with Crippen LogP contribution in [0.1, 0.15) is 17.5 Å². The van der Waals surface area contributed by atoms with Crippen LogP contribution >= 0.6 is 24.0 Å². The van der Waals surface area contributed by atoms with E-state index in [-0.39, 0.29) is 29.4 Å². The topological polar surface area (TPSA) is 59.7 Å². The molecule has 0 amide bonds. The smallest absolute Gasteiger partial charge is 0.422 e. The number of para-hydroxylation sites is 2. The zero-order valence-electron chi connectivity index (χ0n) is 21.5. The second kappa shape index (κ2) is 13.4. The number of nitrogens with zero attached hydrogens (tertiary/aromatic N) is 4. The van der Waals surface area contributed by atoms with Crippen molar-refractivity contribution in [1.29, 1.82) is 0 Å². The molecule has 1 saturated heterocycles. The number of hydrogen-bond donors (Lipinski definition) is 0. The number of ether oxygens (including phenoxy) is 1. The summed E-state index contributed by atoms with van der Waals surface area (Å²) >= 11 is 5.95. The predicted molar refractivity (Wildman–Crippen MR) is 149 cm³/mol. The van der Waals surface area contributed by atoms with Gasteiger partial charge in [-0.3, -0.25) is 18.8 Å². The average molecular weight is 587 g/mol. The van der Waals surface area contributed by atoms with Gasteiger partial charge in [-0.1, -0.05) is 35.9 Å². The van der Waals surface area contributed by atoms with E-state index < -0.39 is 12.8 Å². The van der Waals surface area contributed by atoms with Gasteiger partial charge in [-0.2, -0.15) is 13.2 Å². The standard InChI is InChI=1S/C27H30ClF3N4O3.ClH/c1-20-17-34(18-21-7-9-22(28)10-8-21)26(37)35(25(20)36)12-4-11-32-13-15-33(16-14-32)23-5-2-3-6-24(23)38-19-27(29,30)31;/h2-3,5-10,17H,4,11-16,18-19H2,1H3;1H. The predicted octanol–water partition coefficient (Wildman–Crippen LogP) is 4.60. The first-order valence-corrected chi connectivity index (χ1v) is 12.8. The Hall–Kier alpha value is -2.95. The van der Waals surface area contributed by atoms with E-state index in [1.54, 1.807) is 49.5 Å². The molecular formula is C27H31Cl2F3N4O3. The summed E-state index contributed by atoms with van der Waals surface area (Å²) in [4.78, 5) is 30.0. The average Bonchev–Trinajstić information content (AvgIpc) is 2.89. The molecule has 2 aromatic carbocycles. The molecule has 1 fully saturated rings. The number of alkyl halides is 3. The van der Waals surface area contributed by atoms with E-state index in [1.807, 2.05) is 17.0 Å². The first-order chi connectivity index (χ1) is 18.1. The Morgan fingerprint density at radius 2 is 1.62 bits per heavy atom. The van der Waals surface area contributed by atoms with Crippen LogP contribution in [0.4, 0.5) is 18.9 Å². The Kier molecular flexibility index (Phi) is 10.5. The maximum atomic E-state index is 13.0. The molecule has 1 aliphatic heterocycles. The van der Waals surface area contributed by atoms with Crippen molar-refractivity contribution >= 4 is 29.7 Å². The SMILES string of the molecule is Cc1cn(Cc2ccc(Cl)cc2)c(=O)n(CCCN2CCN(c3ccccc3OCC(F)(F)F)CC2)c1=O.Cl. The first-order valence-electron chi connectivity index (χ1n) is 12.4. The van der Waals surface area contributed by atoms with Gasteiger partial charge in [-0.05, 0) is 49.7 Å². The van der Waals surface area contributed by atoms with E-state index in [9.17, 15) is 22.8 Å². The van der Waals surface area contributed by atoms with Crippen LogP contribution in [-0.4, -0.2) is 59.5 Å². The normalized spacial score (nSPS) is 14.2. The minimum Gasteiger partial charge on any atom is -0.482 e.